The average molecular weight is 507 g/mol. The third kappa shape index (κ3) is 4.99. The summed E-state index contributed by atoms with van der Waals surface area (Å²) in [6, 6.07) is 13.8. The van der Waals surface area contributed by atoms with Gasteiger partial charge in [-0.25, -0.2) is 12.8 Å². The third-order valence-corrected chi connectivity index (χ3v) is 8.82. The number of carbonyl (C=O) groups is 1. The number of hydrogen-bond donors (Lipinski definition) is 0. The number of thiophene rings is 1. The summed E-state index contributed by atoms with van der Waals surface area (Å²) in [5.74, 6) is -0.788. The van der Waals surface area contributed by atoms with Crippen LogP contribution in [0.15, 0.2) is 64.9 Å². The summed E-state index contributed by atoms with van der Waals surface area (Å²) in [7, 11) is -3.95. The number of carbonyl (C=O) groups excluding carboxylic acids is 1. The van der Waals surface area contributed by atoms with Crippen LogP contribution in [0.3, 0.4) is 0 Å². The summed E-state index contributed by atoms with van der Waals surface area (Å²) < 4.78 is 40.9. The Bertz CT molecular complexity index is 1230. The topological polar surface area (TPSA) is 57.7 Å². The Kier molecular flexibility index (Phi) is 7.19. The van der Waals surface area contributed by atoms with Crippen LogP contribution in [0.2, 0.25) is 5.02 Å². The molecule has 0 fully saturated rings. The highest BCUT2D eigenvalue weighted by molar-refractivity contribution is 7.89. The number of hydrogen-bond acceptors (Lipinski definition) is 4. The largest absolute Gasteiger partial charge is 0.330 e. The molecular formula is C24H24ClFN2O3S2. The number of sulfonamides is 1. The lowest BCUT2D eigenvalue weighted by atomic mass is 9.93. The number of benzene rings is 2. The second-order valence-electron chi connectivity index (χ2n) is 7.88. The minimum absolute atomic E-state index is 0.0295. The Morgan fingerprint density at radius 3 is 2.52 bits per heavy atom. The van der Waals surface area contributed by atoms with Crippen molar-refractivity contribution < 1.29 is 17.6 Å². The molecule has 1 aromatic heterocycles. The standard InChI is InChI=1S/C24H24ClFN2O3S2/c1-2-13-27(33(30,31)20-9-7-19(26)8-10-20)16-23(29)28-14-11-22-21(12-15-32-22)24(28)17-3-5-18(25)6-4-17/h3-10,12,15,24H,2,11,13-14,16H2,1H3. The van der Waals surface area contributed by atoms with Crippen molar-refractivity contribution in [1.82, 2.24) is 9.21 Å². The summed E-state index contributed by atoms with van der Waals surface area (Å²) in [6.45, 7) is 2.26. The van der Waals surface area contributed by atoms with Crippen molar-refractivity contribution in [2.45, 2.75) is 30.7 Å². The van der Waals surface area contributed by atoms with E-state index in [0.29, 0.717) is 18.0 Å². The molecule has 1 amide bonds. The molecule has 0 radical (unpaired) electrons. The predicted octanol–water partition coefficient (Wildman–Crippen LogP) is 5.12. The second kappa shape index (κ2) is 9.93. The van der Waals surface area contributed by atoms with Crippen molar-refractivity contribution in [2.24, 2.45) is 0 Å². The van der Waals surface area contributed by atoms with Gasteiger partial charge in [-0.3, -0.25) is 4.79 Å². The molecule has 174 valence electrons. The van der Waals surface area contributed by atoms with Gasteiger partial charge in [0.05, 0.1) is 17.5 Å². The van der Waals surface area contributed by atoms with Crippen LogP contribution in [-0.4, -0.2) is 43.2 Å². The van der Waals surface area contributed by atoms with Crippen LogP contribution in [0, 0.1) is 5.82 Å². The molecule has 0 saturated heterocycles. The molecule has 3 aromatic rings. The highest BCUT2D eigenvalue weighted by atomic mass is 35.5. The molecular weight excluding hydrogens is 483 g/mol. The van der Waals surface area contributed by atoms with E-state index >= 15 is 0 Å². The average Bonchev–Trinajstić information content (AvgIpc) is 3.28. The van der Waals surface area contributed by atoms with Gasteiger partial charge in [0.25, 0.3) is 0 Å². The lowest BCUT2D eigenvalue weighted by Gasteiger charge is -2.37. The molecule has 0 saturated carbocycles. The predicted molar refractivity (Wildman–Crippen MR) is 128 cm³/mol. The zero-order valence-corrected chi connectivity index (χ0v) is 20.5. The smallest absolute Gasteiger partial charge is 0.243 e. The van der Waals surface area contributed by atoms with Crippen molar-refractivity contribution in [1.29, 1.82) is 0 Å². The van der Waals surface area contributed by atoms with E-state index in [0.717, 1.165) is 29.7 Å². The van der Waals surface area contributed by atoms with E-state index in [2.05, 4.69) is 0 Å². The van der Waals surface area contributed by atoms with Gasteiger partial charge in [0.1, 0.15) is 5.82 Å². The van der Waals surface area contributed by atoms with Gasteiger partial charge in [-0.05, 0) is 71.8 Å². The minimum atomic E-state index is -3.95. The minimum Gasteiger partial charge on any atom is -0.330 e. The molecule has 1 unspecified atom stereocenters. The van der Waals surface area contributed by atoms with Crippen molar-refractivity contribution in [2.75, 3.05) is 19.6 Å². The summed E-state index contributed by atoms with van der Waals surface area (Å²) in [4.78, 5) is 16.5. The van der Waals surface area contributed by atoms with Crippen LogP contribution in [0.4, 0.5) is 4.39 Å². The van der Waals surface area contributed by atoms with Crippen molar-refractivity contribution in [3.05, 3.63) is 86.8 Å². The van der Waals surface area contributed by atoms with Crippen LogP contribution >= 0.6 is 22.9 Å². The first kappa shape index (κ1) is 23.9. The number of nitrogens with zero attached hydrogens (tertiary/aromatic N) is 2. The first-order valence-electron chi connectivity index (χ1n) is 10.7. The lowest BCUT2D eigenvalue weighted by Crippen LogP contribution is -2.46. The summed E-state index contributed by atoms with van der Waals surface area (Å²) >= 11 is 7.74. The van der Waals surface area contributed by atoms with E-state index in [1.165, 1.54) is 21.3 Å². The highest BCUT2D eigenvalue weighted by Gasteiger charge is 2.35. The van der Waals surface area contributed by atoms with E-state index in [4.69, 9.17) is 11.6 Å². The molecule has 9 heteroatoms. The second-order valence-corrected chi connectivity index (χ2v) is 11.3. The molecule has 5 nitrogen and oxygen atoms in total. The van der Waals surface area contributed by atoms with Gasteiger partial charge in [0.15, 0.2) is 0 Å². The molecule has 33 heavy (non-hydrogen) atoms. The van der Waals surface area contributed by atoms with Crippen LogP contribution in [0.1, 0.15) is 35.4 Å². The number of halogens is 2. The van der Waals surface area contributed by atoms with Gasteiger partial charge < -0.3 is 4.90 Å². The van der Waals surface area contributed by atoms with E-state index in [-0.39, 0.29) is 29.9 Å². The fraction of sp³-hybridized carbons (Fsp3) is 0.292. The Hall–Kier alpha value is -2.26. The van der Waals surface area contributed by atoms with Gasteiger partial charge in [-0.2, -0.15) is 4.31 Å². The Morgan fingerprint density at radius 2 is 1.85 bits per heavy atom. The molecule has 1 atom stereocenters. The van der Waals surface area contributed by atoms with Crippen molar-refractivity contribution in [3.8, 4) is 0 Å². The first-order chi connectivity index (χ1) is 15.8. The Labute approximate surface area is 202 Å². The van der Waals surface area contributed by atoms with Crippen LogP contribution in [0.5, 0.6) is 0 Å². The molecule has 0 aliphatic carbocycles. The molecule has 0 spiro atoms. The van der Waals surface area contributed by atoms with Crippen molar-refractivity contribution >= 4 is 38.9 Å². The Balaban J connectivity index is 1.64. The van der Waals surface area contributed by atoms with Gasteiger partial charge >= 0.3 is 0 Å². The lowest BCUT2D eigenvalue weighted by molar-refractivity contribution is -0.133. The maximum absolute atomic E-state index is 13.5. The molecule has 4 rings (SSSR count). The molecule has 1 aliphatic heterocycles. The highest BCUT2D eigenvalue weighted by Crippen LogP contribution is 2.38. The maximum atomic E-state index is 13.5. The quantitative estimate of drug-likeness (QED) is 0.447. The SMILES string of the molecule is CCCN(CC(=O)N1CCc2sccc2C1c1ccc(Cl)cc1)S(=O)(=O)c1ccc(F)cc1. The fourth-order valence-electron chi connectivity index (χ4n) is 4.12. The number of amides is 1. The molecule has 0 N–H and O–H groups in total. The van der Waals surface area contributed by atoms with E-state index in [1.807, 2.05) is 30.5 Å². The third-order valence-electron chi connectivity index (χ3n) is 5.71. The molecule has 2 heterocycles. The fourth-order valence-corrected chi connectivity index (χ4v) is 6.63. The van der Waals surface area contributed by atoms with Crippen LogP contribution < -0.4 is 0 Å². The van der Waals surface area contributed by atoms with E-state index < -0.39 is 15.8 Å². The molecule has 2 aromatic carbocycles. The van der Waals surface area contributed by atoms with Crippen molar-refractivity contribution in [3.63, 3.8) is 0 Å². The van der Waals surface area contributed by atoms with Gasteiger partial charge in [0, 0.05) is 23.0 Å². The zero-order chi connectivity index (χ0) is 23.6. The van der Waals surface area contributed by atoms with Gasteiger partial charge in [0.2, 0.25) is 15.9 Å². The maximum Gasteiger partial charge on any atom is 0.243 e. The van der Waals surface area contributed by atoms with E-state index in [1.54, 1.807) is 28.4 Å². The summed E-state index contributed by atoms with van der Waals surface area (Å²) in [6.07, 6.45) is 1.27. The number of fused-ring (bicyclic) bond motifs is 1. The van der Waals surface area contributed by atoms with E-state index in [9.17, 15) is 17.6 Å². The Morgan fingerprint density at radius 1 is 1.15 bits per heavy atom. The van der Waals surface area contributed by atoms with Gasteiger partial charge in [-0.1, -0.05) is 30.7 Å². The number of rotatable bonds is 7. The zero-order valence-electron chi connectivity index (χ0n) is 18.1. The molecule has 1 aliphatic rings. The normalized spacial score (nSPS) is 16.1. The van der Waals surface area contributed by atoms with Gasteiger partial charge in [-0.15, -0.1) is 11.3 Å². The van der Waals surface area contributed by atoms with Crippen LogP contribution in [0.25, 0.3) is 0 Å². The van der Waals surface area contributed by atoms with Crippen LogP contribution in [-0.2, 0) is 21.2 Å². The molecule has 0 bridgehead atoms. The monoisotopic (exact) mass is 506 g/mol. The summed E-state index contributed by atoms with van der Waals surface area (Å²) in [5, 5.41) is 2.63. The summed E-state index contributed by atoms with van der Waals surface area (Å²) in [5.41, 5.74) is 1.99. The first-order valence-corrected chi connectivity index (χ1v) is 13.4.